The van der Waals surface area contributed by atoms with Gasteiger partial charge >= 0.3 is 5.82 Å². The van der Waals surface area contributed by atoms with E-state index in [0.29, 0.717) is 5.69 Å². The molecule has 0 spiro atoms. The highest BCUT2D eigenvalue weighted by Gasteiger charge is 2.15. The van der Waals surface area contributed by atoms with E-state index in [9.17, 15) is 15.2 Å². The molecule has 16 heavy (non-hydrogen) atoms. The van der Waals surface area contributed by atoms with Gasteiger partial charge in [-0.1, -0.05) is 13.8 Å². The number of nitrogens with zero attached hydrogens (tertiary/aromatic N) is 2. The van der Waals surface area contributed by atoms with Gasteiger partial charge in [0, 0.05) is 6.54 Å². The molecule has 88 valence electrons. The molecule has 0 radical (unpaired) electrons. The summed E-state index contributed by atoms with van der Waals surface area (Å²) in [6, 6.07) is 3.18. The molecule has 1 aromatic heterocycles. The van der Waals surface area contributed by atoms with Crippen molar-refractivity contribution in [3.8, 4) is 0 Å². The third kappa shape index (κ3) is 3.16. The predicted molar refractivity (Wildman–Crippen MR) is 60.2 cm³/mol. The van der Waals surface area contributed by atoms with Crippen LogP contribution in [0.5, 0.6) is 0 Å². The average Bonchev–Trinajstić information content (AvgIpc) is 2.25. The highest BCUT2D eigenvalue weighted by atomic mass is 16.6. The van der Waals surface area contributed by atoms with Crippen LogP contribution in [0.25, 0.3) is 0 Å². The minimum absolute atomic E-state index is 0.100. The van der Waals surface area contributed by atoms with Crippen molar-refractivity contribution in [1.29, 1.82) is 0 Å². The highest BCUT2D eigenvalue weighted by Crippen LogP contribution is 2.20. The van der Waals surface area contributed by atoms with E-state index in [1.165, 1.54) is 6.20 Å². The lowest BCUT2D eigenvalue weighted by Crippen LogP contribution is -2.25. The molecular weight excluding hydrogens is 210 g/mol. The molecule has 0 saturated heterocycles. The smallest absolute Gasteiger partial charge is 0.386 e. The van der Waals surface area contributed by atoms with Gasteiger partial charge in [-0.2, -0.15) is 0 Å². The number of aliphatic hydroxyl groups is 1. The molecule has 0 aliphatic rings. The monoisotopic (exact) mass is 225 g/mol. The van der Waals surface area contributed by atoms with Gasteiger partial charge in [-0.15, -0.1) is 0 Å². The van der Waals surface area contributed by atoms with Crippen LogP contribution in [0.2, 0.25) is 0 Å². The SMILES string of the molecule is CC(C)C(O)CNc1cccnc1[N+](=O)[O-]. The zero-order valence-corrected chi connectivity index (χ0v) is 9.25. The summed E-state index contributed by atoms with van der Waals surface area (Å²) in [7, 11) is 0. The van der Waals surface area contributed by atoms with Crippen LogP contribution >= 0.6 is 0 Å². The first-order valence-corrected chi connectivity index (χ1v) is 5.03. The molecule has 1 rings (SSSR count). The van der Waals surface area contributed by atoms with Crippen molar-refractivity contribution in [2.75, 3.05) is 11.9 Å². The summed E-state index contributed by atoms with van der Waals surface area (Å²) >= 11 is 0. The topological polar surface area (TPSA) is 88.3 Å². The number of aromatic nitrogens is 1. The summed E-state index contributed by atoms with van der Waals surface area (Å²) < 4.78 is 0. The number of aliphatic hydroxyl groups excluding tert-OH is 1. The number of hydrogen-bond acceptors (Lipinski definition) is 5. The average molecular weight is 225 g/mol. The summed E-state index contributed by atoms with van der Waals surface area (Å²) in [5, 5.41) is 23.0. The van der Waals surface area contributed by atoms with E-state index in [1.807, 2.05) is 13.8 Å². The molecule has 1 aromatic rings. The van der Waals surface area contributed by atoms with Crippen LogP contribution in [0.4, 0.5) is 11.5 Å². The third-order valence-corrected chi connectivity index (χ3v) is 2.23. The molecule has 0 aliphatic heterocycles. The Bertz CT molecular complexity index is 368. The van der Waals surface area contributed by atoms with E-state index in [4.69, 9.17) is 0 Å². The maximum Gasteiger partial charge on any atom is 0.386 e. The molecule has 0 bridgehead atoms. The molecule has 0 fully saturated rings. The zero-order chi connectivity index (χ0) is 12.1. The molecular formula is C10H15N3O3. The lowest BCUT2D eigenvalue weighted by atomic mass is 10.1. The first kappa shape index (κ1) is 12.4. The molecule has 0 aliphatic carbocycles. The summed E-state index contributed by atoms with van der Waals surface area (Å²) in [6.07, 6.45) is 0.821. The summed E-state index contributed by atoms with van der Waals surface area (Å²) in [5.41, 5.74) is 0.326. The van der Waals surface area contributed by atoms with Gasteiger partial charge in [0.05, 0.1) is 6.10 Å². The zero-order valence-electron chi connectivity index (χ0n) is 9.25. The van der Waals surface area contributed by atoms with Crippen molar-refractivity contribution < 1.29 is 10.0 Å². The number of rotatable bonds is 5. The maximum absolute atomic E-state index is 10.6. The van der Waals surface area contributed by atoms with Gasteiger partial charge in [-0.05, 0) is 28.0 Å². The molecule has 2 N–H and O–H groups in total. The molecule has 1 heterocycles. The van der Waals surface area contributed by atoms with Gasteiger partial charge in [0.15, 0.2) is 0 Å². The Labute approximate surface area is 93.5 Å². The second-order valence-corrected chi connectivity index (χ2v) is 3.82. The highest BCUT2D eigenvalue weighted by molar-refractivity contribution is 5.56. The lowest BCUT2D eigenvalue weighted by Gasteiger charge is -2.15. The third-order valence-electron chi connectivity index (χ3n) is 2.23. The second-order valence-electron chi connectivity index (χ2n) is 3.82. The fourth-order valence-corrected chi connectivity index (χ4v) is 1.13. The fraction of sp³-hybridized carbons (Fsp3) is 0.500. The Morgan fingerprint density at radius 2 is 2.31 bits per heavy atom. The Morgan fingerprint density at radius 1 is 1.62 bits per heavy atom. The molecule has 0 aromatic carbocycles. The van der Waals surface area contributed by atoms with E-state index in [1.54, 1.807) is 12.1 Å². The largest absolute Gasteiger partial charge is 0.391 e. The van der Waals surface area contributed by atoms with Gasteiger partial charge in [0.2, 0.25) is 0 Å². The van der Waals surface area contributed by atoms with E-state index in [2.05, 4.69) is 10.3 Å². The van der Waals surface area contributed by atoms with E-state index in [0.717, 1.165) is 0 Å². The first-order chi connectivity index (χ1) is 7.52. The van der Waals surface area contributed by atoms with Gasteiger partial charge in [-0.3, -0.25) is 0 Å². The Balaban J connectivity index is 2.70. The van der Waals surface area contributed by atoms with Gasteiger partial charge < -0.3 is 20.5 Å². The van der Waals surface area contributed by atoms with Crippen LogP contribution in [0.15, 0.2) is 18.3 Å². The van der Waals surface area contributed by atoms with Crippen LogP contribution in [0, 0.1) is 16.0 Å². The first-order valence-electron chi connectivity index (χ1n) is 5.03. The Hall–Kier alpha value is -1.69. The summed E-state index contributed by atoms with van der Waals surface area (Å²) in [6.45, 7) is 4.03. The fourth-order valence-electron chi connectivity index (χ4n) is 1.13. The number of anilines is 1. The van der Waals surface area contributed by atoms with Crippen LogP contribution in [0.1, 0.15) is 13.8 Å². The van der Waals surface area contributed by atoms with Crippen LogP contribution < -0.4 is 5.32 Å². The van der Waals surface area contributed by atoms with E-state index in [-0.39, 0.29) is 18.3 Å². The Kier molecular flexibility index (Phi) is 4.19. The van der Waals surface area contributed by atoms with Crippen molar-refractivity contribution in [3.05, 3.63) is 28.4 Å². The number of nitrogens with one attached hydrogen (secondary N) is 1. The minimum Gasteiger partial charge on any atom is -0.391 e. The quantitative estimate of drug-likeness (QED) is 0.584. The summed E-state index contributed by atoms with van der Waals surface area (Å²) in [5.74, 6) is -0.123. The van der Waals surface area contributed by atoms with Crippen molar-refractivity contribution in [1.82, 2.24) is 4.98 Å². The van der Waals surface area contributed by atoms with Crippen LogP contribution in [-0.2, 0) is 0 Å². The van der Waals surface area contributed by atoms with Crippen molar-refractivity contribution in [3.63, 3.8) is 0 Å². The van der Waals surface area contributed by atoms with Crippen molar-refractivity contribution in [2.45, 2.75) is 20.0 Å². The predicted octanol–water partition coefficient (Wildman–Crippen LogP) is 1.42. The molecule has 6 nitrogen and oxygen atoms in total. The number of nitro groups is 1. The van der Waals surface area contributed by atoms with Gasteiger partial charge in [0.1, 0.15) is 11.9 Å². The van der Waals surface area contributed by atoms with Crippen LogP contribution in [0.3, 0.4) is 0 Å². The molecule has 1 unspecified atom stereocenters. The number of pyridine rings is 1. The normalized spacial score (nSPS) is 12.5. The minimum atomic E-state index is -0.551. The molecule has 0 saturated carbocycles. The Morgan fingerprint density at radius 3 is 2.88 bits per heavy atom. The van der Waals surface area contributed by atoms with Crippen LogP contribution in [-0.4, -0.2) is 27.7 Å². The molecule has 0 amide bonds. The van der Waals surface area contributed by atoms with Crippen molar-refractivity contribution in [2.24, 2.45) is 5.92 Å². The lowest BCUT2D eigenvalue weighted by molar-refractivity contribution is -0.388. The second kappa shape index (κ2) is 5.41. The van der Waals surface area contributed by atoms with Crippen molar-refractivity contribution >= 4 is 11.5 Å². The van der Waals surface area contributed by atoms with E-state index >= 15 is 0 Å². The summed E-state index contributed by atoms with van der Waals surface area (Å²) in [4.78, 5) is 13.7. The molecule has 6 heteroatoms. The maximum atomic E-state index is 10.6. The standard InChI is InChI=1S/C10H15N3O3/c1-7(2)9(14)6-12-8-4-3-5-11-10(8)13(15)16/h3-5,7,9,12,14H,6H2,1-2H3. The van der Waals surface area contributed by atoms with Gasteiger partial charge in [-0.25, -0.2) is 0 Å². The van der Waals surface area contributed by atoms with Gasteiger partial charge in [0.25, 0.3) is 0 Å². The number of hydrogen-bond donors (Lipinski definition) is 2. The van der Waals surface area contributed by atoms with E-state index < -0.39 is 11.0 Å². The molecule has 1 atom stereocenters.